The number of nitrogens with one attached hydrogen (secondary N) is 2. The number of aromatic nitrogens is 1. The van der Waals surface area contributed by atoms with Gasteiger partial charge in [-0.1, -0.05) is 6.92 Å². The van der Waals surface area contributed by atoms with Crippen LogP contribution in [-0.2, 0) is 0 Å². The van der Waals surface area contributed by atoms with Gasteiger partial charge in [-0.05, 0) is 34.3 Å². The number of hydrogen-bond donors (Lipinski definition) is 2. The van der Waals surface area contributed by atoms with E-state index in [-0.39, 0.29) is 11.8 Å². The van der Waals surface area contributed by atoms with Gasteiger partial charge < -0.3 is 10.7 Å². The van der Waals surface area contributed by atoms with E-state index in [0.29, 0.717) is 16.7 Å². The van der Waals surface area contributed by atoms with Gasteiger partial charge in [0, 0.05) is 24.2 Å². The molecule has 1 atom stereocenters. The standard InChI is InChI=1S/C10H12BrN3O/c1-7(5-12)6-14-10(15)8-2-3-13-9(11)4-8/h2-5,7,12H,6H2,1H3,(H,14,15)/t7-/m0/s1. The highest BCUT2D eigenvalue weighted by atomic mass is 79.9. The zero-order chi connectivity index (χ0) is 11.3. The maximum Gasteiger partial charge on any atom is 0.251 e. The summed E-state index contributed by atoms with van der Waals surface area (Å²) in [5.74, 6) is -0.0916. The summed E-state index contributed by atoms with van der Waals surface area (Å²) in [4.78, 5) is 15.5. The quantitative estimate of drug-likeness (QED) is 0.647. The molecule has 15 heavy (non-hydrogen) atoms. The summed E-state index contributed by atoms with van der Waals surface area (Å²) in [5.41, 5.74) is 0.564. The van der Waals surface area contributed by atoms with Crippen LogP contribution in [0, 0.1) is 11.3 Å². The molecule has 1 aromatic rings. The first-order valence-corrected chi connectivity index (χ1v) is 5.33. The van der Waals surface area contributed by atoms with E-state index in [4.69, 9.17) is 5.41 Å². The minimum atomic E-state index is -0.146. The molecule has 0 spiro atoms. The Balaban J connectivity index is 2.57. The van der Waals surface area contributed by atoms with Crippen molar-refractivity contribution in [1.29, 1.82) is 5.41 Å². The third-order valence-corrected chi connectivity index (χ3v) is 2.29. The average Bonchev–Trinajstić information content (AvgIpc) is 2.25. The summed E-state index contributed by atoms with van der Waals surface area (Å²) >= 11 is 3.20. The summed E-state index contributed by atoms with van der Waals surface area (Å²) in [5, 5.41) is 9.74. The zero-order valence-electron chi connectivity index (χ0n) is 8.33. The Hall–Kier alpha value is -1.23. The molecule has 80 valence electrons. The lowest BCUT2D eigenvalue weighted by atomic mass is 10.2. The van der Waals surface area contributed by atoms with Gasteiger partial charge in [0.2, 0.25) is 0 Å². The molecule has 0 aliphatic carbocycles. The Kier molecular flexibility index (Phi) is 4.42. The van der Waals surface area contributed by atoms with Crippen LogP contribution in [0.25, 0.3) is 0 Å². The summed E-state index contributed by atoms with van der Waals surface area (Å²) in [7, 11) is 0. The fraction of sp³-hybridized carbons (Fsp3) is 0.300. The normalized spacial score (nSPS) is 11.9. The van der Waals surface area contributed by atoms with Crippen LogP contribution in [0.2, 0.25) is 0 Å². The Bertz CT molecular complexity index is 367. The summed E-state index contributed by atoms with van der Waals surface area (Å²) in [6.07, 6.45) is 2.88. The molecule has 0 radical (unpaired) electrons. The molecule has 0 aromatic carbocycles. The van der Waals surface area contributed by atoms with Gasteiger partial charge in [-0.25, -0.2) is 4.98 Å². The van der Waals surface area contributed by atoms with Gasteiger partial charge in [0.1, 0.15) is 4.60 Å². The Morgan fingerprint density at radius 2 is 2.53 bits per heavy atom. The third-order valence-electron chi connectivity index (χ3n) is 1.86. The number of nitrogens with zero attached hydrogens (tertiary/aromatic N) is 1. The van der Waals surface area contributed by atoms with Gasteiger partial charge in [0.15, 0.2) is 0 Å². The van der Waals surface area contributed by atoms with Crippen LogP contribution in [0.3, 0.4) is 0 Å². The van der Waals surface area contributed by atoms with Gasteiger partial charge in [0.25, 0.3) is 5.91 Å². The van der Waals surface area contributed by atoms with E-state index in [9.17, 15) is 4.79 Å². The largest absolute Gasteiger partial charge is 0.351 e. The van der Waals surface area contributed by atoms with E-state index in [2.05, 4.69) is 26.2 Å². The van der Waals surface area contributed by atoms with Crippen molar-refractivity contribution in [2.75, 3.05) is 6.54 Å². The van der Waals surface area contributed by atoms with Gasteiger partial charge in [0.05, 0.1) is 0 Å². The minimum Gasteiger partial charge on any atom is -0.351 e. The molecule has 0 bridgehead atoms. The Morgan fingerprint density at radius 1 is 1.80 bits per heavy atom. The van der Waals surface area contributed by atoms with Crippen LogP contribution < -0.4 is 5.32 Å². The van der Waals surface area contributed by atoms with Crippen molar-refractivity contribution < 1.29 is 4.79 Å². The van der Waals surface area contributed by atoms with Crippen LogP contribution in [-0.4, -0.2) is 23.7 Å². The van der Waals surface area contributed by atoms with Crippen molar-refractivity contribution in [2.24, 2.45) is 5.92 Å². The predicted octanol–water partition coefficient (Wildman–Crippen LogP) is 1.86. The molecule has 5 heteroatoms. The van der Waals surface area contributed by atoms with Crippen molar-refractivity contribution in [3.05, 3.63) is 28.5 Å². The molecule has 0 aliphatic heterocycles. The number of carbonyl (C=O) groups excluding carboxylic acids is 1. The Morgan fingerprint density at radius 3 is 3.13 bits per heavy atom. The molecule has 4 nitrogen and oxygen atoms in total. The van der Waals surface area contributed by atoms with Crippen molar-refractivity contribution in [3.8, 4) is 0 Å². The van der Waals surface area contributed by atoms with Crippen molar-refractivity contribution in [2.45, 2.75) is 6.92 Å². The molecule has 0 saturated heterocycles. The number of hydrogen-bond acceptors (Lipinski definition) is 3. The number of carbonyl (C=O) groups is 1. The van der Waals surface area contributed by atoms with Crippen molar-refractivity contribution in [3.63, 3.8) is 0 Å². The first-order valence-electron chi connectivity index (χ1n) is 4.54. The molecule has 0 aliphatic rings. The third kappa shape index (κ3) is 3.79. The van der Waals surface area contributed by atoms with E-state index in [1.165, 1.54) is 6.21 Å². The lowest BCUT2D eigenvalue weighted by Crippen LogP contribution is -2.28. The molecular formula is C10H12BrN3O. The maximum atomic E-state index is 11.6. The average molecular weight is 270 g/mol. The molecule has 0 unspecified atom stereocenters. The molecule has 1 aromatic heterocycles. The van der Waals surface area contributed by atoms with Crippen molar-refractivity contribution in [1.82, 2.24) is 10.3 Å². The lowest BCUT2D eigenvalue weighted by Gasteiger charge is -2.07. The van der Waals surface area contributed by atoms with E-state index in [0.717, 1.165) is 0 Å². The molecule has 1 heterocycles. The molecule has 1 amide bonds. The molecule has 0 saturated carbocycles. The first-order chi connectivity index (χ1) is 7.13. The zero-order valence-corrected chi connectivity index (χ0v) is 9.91. The first kappa shape index (κ1) is 11.8. The second kappa shape index (κ2) is 5.60. The fourth-order valence-corrected chi connectivity index (χ4v) is 1.32. The predicted molar refractivity (Wildman–Crippen MR) is 62.2 cm³/mol. The number of pyridine rings is 1. The Labute approximate surface area is 96.7 Å². The van der Waals surface area contributed by atoms with Gasteiger partial charge in [-0.3, -0.25) is 4.79 Å². The highest BCUT2D eigenvalue weighted by Crippen LogP contribution is 2.07. The SMILES string of the molecule is C[C@@H](C=N)CNC(=O)c1ccnc(Br)c1. The summed E-state index contributed by atoms with van der Waals surface area (Å²) in [6.45, 7) is 2.35. The topological polar surface area (TPSA) is 65.8 Å². The maximum absolute atomic E-state index is 11.6. The van der Waals surface area contributed by atoms with Crippen LogP contribution in [0.15, 0.2) is 22.9 Å². The summed E-state index contributed by atoms with van der Waals surface area (Å²) in [6, 6.07) is 3.31. The second-order valence-electron chi connectivity index (χ2n) is 3.22. The molecular weight excluding hydrogens is 258 g/mol. The van der Waals surface area contributed by atoms with Crippen LogP contribution >= 0.6 is 15.9 Å². The van der Waals surface area contributed by atoms with Gasteiger partial charge in [-0.2, -0.15) is 0 Å². The monoisotopic (exact) mass is 269 g/mol. The number of halogens is 1. The lowest BCUT2D eigenvalue weighted by molar-refractivity contribution is 0.0951. The smallest absolute Gasteiger partial charge is 0.251 e. The van der Waals surface area contributed by atoms with E-state index >= 15 is 0 Å². The highest BCUT2D eigenvalue weighted by Gasteiger charge is 2.06. The fourth-order valence-electron chi connectivity index (χ4n) is 0.958. The number of amides is 1. The van der Waals surface area contributed by atoms with E-state index in [1.807, 2.05) is 6.92 Å². The van der Waals surface area contributed by atoms with E-state index < -0.39 is 0 Å². The van der Waals surface area contributed by atoms with Crippen molar-refractivity contribution >= 4 is 28.1 Å². The van der Waals surface area contributed by atoms with E-state index in [1.54, 1.807) is 18.3 Å². The second-order valence-corrected chi connectivity index (χ2v) is 4.03. The van der Waals surface area contributed by atoms with Crippen LogP contribution in [0.5, 0.6) is 0 Å². The van der Waals surface area contributed by atoms with Gasteiger partial charge in [-0.15, -0.1) is 0 Å². The van der Waals surface area contributed by atoms with Crippen LogP contribution in [0.4, 0.5) is 0 Å². The minimum absolute atomic E-state index is 0.0548. The molecule has 1 rings (SSSR count). The highest BCUT2D eigenvalue weighted by molar-refractivity contribution is 9.10. The molecule has 0 fully saturated rings. The van der Waals surface area contributed by atoms with Crippen LogP contribution in [0.1, 0.15) is 17.3 Å². The van der Waals surface area contributed by atoms with Gasteiger partial charge >= 0.3 is 0 Å². The molecule has 2 N–H and O–H groups in total. The summed E-state index contributed by atoms with van der Waals surface area (Å²) < 4.78 is 0.634. The number of rotatable bonds is 4.